The van der Waals surface area contributed by atoms with Gasteiger partial charge in [-0.2, -0.15) is 10.2 Å². The second-order valence-corrected chi connectivity index (χ2v) is 14.5. The van der Waals surface area contributed by atoms with Crippen molar-refractivity contribution < 1.29 is 27.5 Å². The Kier molecular flexibility index (Phi) is 8.16. The van der Waals surface area contributed by atoms with Crippen LogP contribution in [0.4, 0.5) is 13.2 Å². The lowest BCUT2D eigenvalue weighted by atomic mass is 9.94. The van der Waals surface area contributed by atoms with E-state index in [1.54, 1.807) is 32.3 Å². The van der Waals surface area contributed by atoms with Crippen molar-refractivity contribution in [3.8, 4) is 39.5 Å². The number of likely N-dealkylation sites (tertiary alicyclic amines) is 1. The SMILES string of the molecule is C=CC(=O)N1C[C@H](C)n2nc(-c3nc(-c4ccc5cn(C)nc5c4)c4scc(F)c4c3-c3c(F)cc(F)cc3OC[C@@H]3CC(=O)N(C)C3)cc2[C@H]1C. The van der Waals surface area contributed by atoms with Crippen LogP contribution in [-0.4, -0.2) is 72.9 Å². The van der Waals surface area contributed by atoms with E-state index in [9.17, 15) is 14.0 Å². The zero-order valence-corrected chi connectivity index (χ0v) is 29.7. The number of carbonyl (C=O) groups is 2. The van der Waals surface area contributed by atoms with Crippen LogP contribution in [0.15, 0.2) is 60.6 Å². The molecule has 1 saturated heterocycles. The average Bonchev–Trinajstić information content (AvgIpc) is 3.89. The maximum absolute atomic E-state index is 16.4. The number of hydrogen-bond acceptors (Lipinski definition) is 7. The molecule has 3 atom stereocenters. The van der Waals surface area contributed by atoms with Gasteiger partial charge in [-0.15, -0.1) is 11.3 Å². The minimum Gasteiger partial charge on any atom is -0.492 e. The van der Waals surface area contributed by atoms with Crippen molar-refractivity contribution in [2.75, 3.05) is 26.7 Å². The van der Waals surface area contributed by atoms with Crippen molar-refractivity contribution in [1.29, 1.82) is 0 Å². The summed E-state index contributed by atoms with van der Waals surface area (Å²) in [6.07, 6.45) is 3.39. The van der Waals surface area contributed by atoms with Gasteiger partial charge in [0.1, 0.15) is 34.6 Å². The Morgan fingerprint density at radius 3 is 2.60 bits per heavy atom. The van der Waals surface area contributed by atoms with Crippen molar-refractivity contribution in [2.45, 2.75) is 32.4 Å². The van der Waals surface area contributed by atoms with Crippen molar-refractivity contribution in [3.05, 3.63) is 83.8 Å². The monoisotopic (exact) mass is 725 g/mol. The van der Waals surface area contributed by atoms with E-state index >= 15 is 8.78 Å². The summed E-state index contributed by atoms with van der Waals surface area (Å²) in [6, 6.07) is 8.60. The largest absolute Gasteiger partial charge is 0.492 e. The summed E-state index contributed by atoms with van der Waals surface area (Å²) >= 11 is 1.12. The highest BCUT2D eigenvalue weighted by atomic mass is 32.1. The van der Waals surface area contributed by atoms with Crippen LogP contribution >= 0.6 is 11.3 Å². The molecule has 6 aromatic rings. The van der Waals surface area contributed by atoms with Crippen molar-refractivity contribution in [1.82, 2.24) is 34.3 Å². The first kappa shape index (κ1) is 33.6. The smallest absolute Gasteiger partial charge is 0.246 e. The number of ether oxygens (including phenoxy) is 1. The molecule has 0 bridgehead atoms. The number of pyridine rings is 1. The summed E-state index contributed by atoms with van der Waals surface area (Å²) in [5.74, 6) is -3.10. The van der Waals surface area contributed by atoms with Crippen LogP contribution in [-0.2, 0) is 16.6 Å². The van der Waals surface area contributed by atoms with Gasteiger partial charge in [-0.25, -0.2) is 18.2 Å². The van der Waals surface area contributed by atoms with Gasteiger partial charge < -0.3 is 14.5 Å². The Bertz CT molecular complexity index is 2450. The van der Waals surface area contributed by atoms with Gasteiger partial charge >= 0.3 is 0 Å². The minimum absolute atomic E-state index is 0.00708. The number of halogens is 3. The molecule has 0 N–H and O–H groups in total. The molecule has 2 amide bonds. The number of hydrogen-bond donors (Lipinski definition) is 0. The summed E-state index contributed by atoms with van der Waals surface area (Å²) in [5.41, 5.74) is 2.83. The van der Waals surface area contributed by atoms with Gasteiger partial charge in [0.05, 0.1) is 45.9 Å². The quantitative estimate of drug-likeness (QED) is 0.160. The van der Waals surface area contributed by atoms with Crippen molar-refractivity contribution in [3.63, 3.8) is 0 Å². The van der Waals surface area contributed by atoms with Gasteiger partial charge in [0, 0.05) is 85.1 Å². The van der Waals surface area contributed by atoms with E-state index in [0.29, 0.717) is 46.0 Å². The molecule has 52 heavy (non-hydrogen) atoms. The number of thiophene rings is 1. The first-order valence-corrected chi connectivity index (χ1v) is 17.7. The molecule has 4 aromatic heterocycles. The Balaban J connectivity index is 1.38. The number of aromatic nitrogens is 5. The molecule has 2 aliphatic heterocycles. The summed E-state index contributed by atoms with van der Waals surface area (Å²) in [4.78, 5) is 33.5. The second-order valence-electron chi connectivity index (χ2n) is 13.6. The molecule has 266 valence electrons. The van der Waals surface area contributed by atoms with Crippen molar-refractivity contribution in [2.24, 2.45) is 13.0 Å². The summed E-state index contributed by atoms with van der Waals surface area (Å²) < 4.78 is 57.8. The predicted molar refractivity (Wildman–Crippen MR) is 192 cm³/mol. The number of carbonyl (C=O) groups excluding carboxylic acids is 2. The van der Waals surface area contributed by atoms with Gasteiger partial charge in [-0.05, 0) is 32.1 Å². The molecule has 0 unspecified atom stereocenters. The highest BCUT2D eigenvalue weighted by Crippen LogP contribution is 2.48. The van der Waals surface area contributed by atoms with E-state index in [1.807, 2.05) is 45.3 Å². The molecule has 6 heterocycles. The van der Waals surface area contributed by atoms with E-state index in [2.05, 4.69) is 11.7 Å². The molecule has 1 fully saturated rings. The summed E-state index contributed by atoms with van der Waals surface area (Å²) in [5, 5.41) is 11.8. The lowest BCUT2D eigenvalue weighted by Gasteiger charge is -2.36. The van der Waals surface area contributed by atoms with Crippen LogP contribution in [0, 0.1) is 23.4 Å². The first-order valence-electron chi connectivity index (χ1n) is 16.8. The fourth-order valence-corrected chi connectivity index (χ4v) is 8.37. The first-order chi connectivity index (χ1) is 24.9. The van der Waals surface area contributed by atoms with Gasteiger partial charge in [0.15, 0.2) is 0 Å². The molecule has 0 spiro atoms. The predicted octanol–water partition coefficient (Wildman–Crippen LogP) is 7.31. The Morgan fingerprint density at radius 1 is 1.04 bits per heavy atom. The van der Waals surface area contributed by atoms with Gasteiger partial charge in [-0.3, -0.25) is 19.0 Å². The molecule has 2 aliphatic rings. The van der Waals surface area contributed by atoms with Gasteiger partial charge in [-0.1, -0.05) is 18.7 Å². The summed E-state index contributed by atoms with van der Waals surface area (Å²) in [7, 11) is 3.51. The number of nitrogens with zero attached hydrogens (tertiary/aromatic N) is 7. The van der Waals surface area contributed by atoms with Crippen LogP contribution in [0.1, 0.15) is 38.0 Å². The number of rotatable bonds is 7. The highest BCUT2D eigenvalue weighted by molar-refractivity contribution is 7.17. The Labute approximate surface area is 300 Å². The molecule has 14 heteroatoms. The Morgan fingerprint density at radius 2 is 1.85 bits per heavy atom. The summed E-state index contributed by atoms with van der Waals surface area (Å²) in [6.45, 7) is 8.27. The molecule has 8 rings (SSSR count). The number of benzene rings is 2. The topological polar surface area (TPSA) is 98.4 Å². The molecular formula is C38H34F3N7O3S. The lowest BCUT2D eigenvalue weighted by molar-refractivity contribution is -0.129. The van der Waals surface area contributed by atoms with E-state index in [1.165, 1.54) is 11.5 Å². The van der Waals surface area contributed by atoms with Crippen molar-refractivity contribution >= 4 is 44.1 Å². The zero-order chi connectivity index (χ0) is 36.6. The third-order valence-electron chi connectivity index (χ3n) is 9.97. The minimum atomic E-state index is -0.972. The zero-order valence-electron chi connectivity index (χ0n) is 28.9. The third kappa shape index (κ3) is 5.52. The molecular weight excluding hydrogens is 692 g/mol. The van der Waals surface area contributed by atoms with Crippen LogP contribution in [0.25, 0.3) is 54.8 Å². The lowest BCUT2D eigenvalue weighted by Crippen LogP contribution is -2.42. The fraction of sp³-hybridized carbons (Fsp3) is 0.289. The number of aryl methyl sites for hydroxylation is 1. The van der Waals surface area contributed by atoms with E-state index in [0.717, 1.165) is 28.9 Å². The standard InChI is InChI=1S/C38H34F3N7O3S/c1-6-31(49)47-14-19(2)48-29(20(47)3)13-28(44-48)37-35(33-25(40)11-24(39)12-30(33)51-17-21-9-32(50)45(4)15-21)34-26(41)18-52-38(34)36(42-37)22-7-8-23-16-46(5)43-27(23)10-22/h6-8,10-13,16,18-21H,1,9,14-15,17H2,2-5H3/t19-,20+,21+/m0/s1. The molecule has 0 saturated carbocycles. The van der Waals surface area contributed by atoms with Crippen LogP contribution in [0.3, 0.4) is 0 Å². The maximum Gasteiger partial charge on any atom is 0.246 e. The van der Waals surface area contributed by atoms with Crippen LogP contribution < -0.4 is 4.74 Å². The number of amides is 2. The average molecular weight is 726 g/mol. The second kappa shape index (κ2) is 12.6. The normalized spacial score (nSPS) is 18.8. The fourth-order valence-electron chi connectivity index (χ4n) is 7.44. The molecule has 2 aromatic carbocycles. The highest BCUT2D eigenvalue weighted by Gasteiger charge is 2.35. The molecule has 0 radical (unpaired) electrons. The van der Waals surface area contributed by atoms with Gasteiger partial charge in [0.2, 0.25) is 11.8 Å². The third-order valence-corrected chi connectivity index (χ3v) is 10.9. The van der Waals surface area contributed by atoms with E-state index < -0.39 is 23.5 Å². The maximum atomic E-state index is 16.4. The van der Waals surface area contributed by atoms with Gasteiger partial charge in [0.25, 0.3) is 0 Å². The molecule has 0 aliphatic carbocycles. The van der Waals surface area contributed by atoms with Crippen LogP contribution in [0.2, 0.25) is 0 Å². The van der Waals surface area contributed by atoms with E-state index in [-0.39, 0.29) is 64.8 Å². The Hall–Kier alpha value is -5.50. The van der Waals surface area contributed by atoms with E-state index in [4.69, 9.17) is 14.8 Å². The molecule has 10 nitrogen and oxygen atoms in total. The number of fused-ring (bicyclic) bond motifs is 3. The van der Waals surface area contributed by atoms with Crippen LogP contribution in [0.5, 0.6) is 5.75 Å².